The zero-order valence-electron chi connectivity index (χ0n) is 12.4. The van der Waals surface area contributed by atoms with Crippen molar-refractivity contribution in [2.24, 2.45) is 16.6 Å². The molecule has 124 valence electrons. The van der Waals surface area contributed by atoms with Crippen LogP contribution in [0.5, 0.6) is 0 Å². The standard InChI is InChI=1S/C15H20F3N3.HI/c1-11-6-8-21(9-7-11)14(19)20-10-12-2-4-13(5-3-12)15(16,17)18;/h2-5,11H,6-10H2,1H3,(H2,19,20);1H. The Morgan fingerprint density at radius 3 is 2.27 bits per heavy atom. The lowest BCUT2D eigenvalue weighted by atomic mass is 10.00. The van der Waals surface area contributed by atoms with Gasteiger partial charge in [-0.3, -0.25) is 0 Å². The van der Waals surface area contributed by atoms with Gasteiger partial charge in [-0.2, -0.15) is 13.2 Å². The Morgan fingerprint density at radius 2 is 1.77 bits per heavy atom. The van der Waals surface area contributed by atoms with Crippen LogP contribution in [0.1, 0.15) is 30.9 Å². The van der Waals surface area contributed by atoms with Gasteiger partial charge in [0.2, 0.25) is 0 Å². The van der Waals surface area contributed by atoms with Crippen molar-refractivity contribution in [2.45, 2.75) is 32.5 Å². The molecule has 22 heavy (non-hydrogen) atoms. The molecule has 2 N–H and O–H groups in total. The van der Waals surface area contributed by atoms with Gasteiger partial charge in [0, 0.05) is 13.1 Å². The maximum atomic E-state index is 12.5. The molecule has 2 rings (SSSR count). The van der Waals surface area contributed by atoms with Gasteiger partial charge >= 0.3 is 6.18 Å². The second-order valence-corrected chi connectivity index (χ2v) is 5.54. The van der Waals surface area contributed by atoms with Gasteiger partial charge in [-0.25, -0.2) is 4.99 Å². The highest BCUT2D eigenvalue weighted by Crippen LogP contribution is 2.29. The van der Waals surface area contributed by atoms with Gasteiger partial charge in [0.15, 0.2) is 5.96 Å². The maximum Gasteiger partial charge on any atom is 0.416 e. The van der Waals surface area contributed by atoms with Crippen LogP contribution in [0.4, 0.5) is 13.2 Å². The molecule has 0 saturated carbocycles. The van der Waals surface area contributed by atoms with E-state index in [1.807, 2.05) is 4.90 Å². The highest BCUT2D eigenvalue weighted by Gasteiger charge is 2.29. The van der Waals surface area contributed by atoms with Gasteiger partial charge < -0.3 is 10.6 Å². The van der Waals surface area contributed by atoms with E-state index in [4.69, 9.17) is 5.73 Å². The summed E-state index contributed by atoms with van der Waals surface area (Å²) in [5.74, 6) is 1.19. The molecule has 0 spiro atoms. The lowest BCUT2D eigenvalue weighted by Gasteiger charge is -2.31. The van der Waals surface area contributed by atoms with Crippen LogP contribution < -0.4 is 5.73 Å². The molecule has 0 bridgehead atoms. The summed E-state index contributed by atoms with van der Waals surface area (Å²) in [7, 11) is 0. The van der Waals surface area contributed by atoms with Gasteiger partial charge in [-0.15, -0.1) is 24.0 Å². The molecule has 7 heteroatoms. The number of likely N-dealkylation sites (tertiary alicyclic amines) is 1. The Morgan fingerprint density at radius 1 is 1.23 bits per heavy atom. The normalized spacial score (nSPS) is 17.3. The maximum absolute atomic E-state index is 12.5. The number of hydrogen-bond acceptors (Lipinski definition) is 1. The first-order chi connectivity index (χ1) is 9.86. The first kappa shape index (κ1) is 19.1. The van der Waals surface area contributed by atoms with Crippen LogP contribution in [0.3, 0.4) is 0 Å². The zero-order chi connectivity index (χ0) is 15.5. The number of alkyl halides is 3. The Balaban J connectivity index is 0.00000242. The summed E-state index contributed by atoms with van der Waals surface area (Å²) in [6.07, 6.45) is -2.11. The molecule has 0 aromatic heterocycles. The highest BCUT2D eigenvalue weighted by atomic mass is 127. The van der Waals surface area contributed by atoms with Crippen molar-refractivity contribution in [2.75, 3.05) is 13.1 Å². The van der Waals surface area contributed by atoms with Gasteiger partial charge in [0.25, 0.3) is 0 Å². The zero-order valence-corrected chi connectivity index (χ0v) is 14.8. The number of piperidine rings is 1. The largest absolute Gasteiger partial charge is 0.416 e. The smallest absolute Gasteiger partial charge is 0.370 e. The molecule has 0 aliphatic carbocycles. The number of aliphatic imine (C=N–C) groups is 1. The van der Waals surface area contributed by atoms with Gasteiger partial charge in [0.1, 0.15) is 0 Å². The van der Waals surface area contributed by atoms with Crippen molar-refractivity contribution in [1.29, 1.82) is 0 Å². The Hall–Kier alpha value is -0.990. The number of hydrogen-bond donors (Lipinski definition) is 1. The average Bonchev–Trinajstić information content (AvgIpc) is 2.45. The molecule has 1 saturated heterocycles. The Kier molecular flexibility index (Phi) is 6.96. The Bertz CT molecular complexity index is 492. The molecular weight excluding hydrogens is 406 g/mol. The SMILES string of the molecule is CC1CCN(C(N)=NCc2ccc(C(F)(F)F)cc2)CC1.I. The third kappa shape index (κ3) is 5.33. The van der Waals surface area contributed by atoms with Crippen LogP contribution in [0.25, 0.3) is 0 Å². The second kappa shape index (κ2) is 8.03. The molecular formula is C15H21F3IN3. The van der Waals surface area contributed by atoms with Crippen molar-refractivity contribution < 1.29 is 13.2 Å². The molecule has 0 radical (unpaired) electrons. The van der Waals surface area contributed by atoms with Crippen molar-refractivity contribution >= 4 is 29.9 Å². The van der Waals surface area contributed by atoms with Crippen molar-refractivity contribution in [3.05, 3.63) is 35.4 Å². The van der Waals surface area contributed by atoms with E-state index in [1.165, 1.54) is 12.1 Å². The summed E-state index contributed by atoms with van der Waals surface area (Å²) in [5.41, 5.74) is 6.01. The van der Waals surface area contributed by atoms with Crippen LogP contribution in [-0.2, 0) is 12.7 Å². The lowest BCUT2D eigenvalue weighted by Crippen LogP contribution is -2.42. The van der Waals surface area contributed by atoms with Crippen molar-refractivity contribution in [1.82, 2.24) is 4.90 Å². The van der Waals surface area contributed by atoms with Crippen LogP contribution in [-0.4, -0.2) is 23.9 Å². The summed E-state index contributed by atoms with van der Waals surface area (Å²) in [4.78, 5) is 6.31. The molecule has 0 unspecified atom stereocenters. The van der Waals surface area contributed by atoms with E-state index in [0.29, 0.717) is 18.4 Å². The van der Waals surface area contributed by atoms with Gasteiger partial charge in [-0.05, 0) is 36.5 Å². The molecule has 1 fully saturated rings. The summed E-state index contributed by atoms with van der Waals surface area (Å²) in [5, 5.41) is 0. The molecule has 0 amide bonds. The first-order valence-corrected chi connectivity index (χ1v) is 7.07. The van der Waals surface area contributed by atoms with Crippen molar-refractivity contribution in [3.63, 3.8) is 0 Å². The second-order valence-electron chi connectivity index (χ2n) is 5.54. The lowest BCUT2D eigenvalue weighted by molar-refractivity contribution is -0.137. The minimum absolute atomic E-state index is 0. The minimum Gasteiger partial charge on any atom is -0.370 e. The topological polar surface area (TPSA) is 41.6 Å². The summed E-state index contributed by atoms with van der Waals surface area (Å²) in [6.45, 7) is 4.30. The average molecular weight is 427 g/mol. The van der Waals surface area contributed by atoms with Crippen LogP contribution >= 0.6 is 24.0 Å². The minimum atomic E-state index is -4.30. The Labute approximate surface area is 145 Å². The number of halogens is 4. The van der Waals surface area contributed by atoms with E-state index in [0.717, 1.165) is 43.6 Å². The van der Waals surface area contributed by atoms with E-state index < -0.39 is 11.7 Å². The van der Waals surface area contributed by atoms with Crippen LogP contribution in [0.15, 0.2) is 29.3 Å². The van der Waals surface area contributed by atoms with E-state index in [1.54, 1.807) is 0 Å². The van der Waals surface area contributed by atoms with Gasteiger partial charge in [0.05, 0.1) is 12.1 Å². The molecule has 1 aliphatic heterocycles. The van der Waals surface area contributed by atoms with Crippen LogP contribution in [0, 0.1) is 5.92 Å². The number of nitrogens with two attached hydrogens (primary N) is 1. The molecule has 3 nitrogen and oxygen atoms in total. The number of nitrogens with zero attached hydrogens (tertiary/aromatic N) is 2. The molecule has 1 heterocycles. The predicted octanol–water partition coefficient (Wildman–Crippen LogP) is 3.87. The fraction of sp³-hybridized carbons (Fsp3) is 0.533. The third-order valence-corrected chi connectivity index (χ3v) is 3.81. The summed E-state index contributed by atoms with van der Waals surface area (Å²) < 4.78 is 37.4. The van der Waals surface area contributed by atoms with E-state index >= 15 is 0 Å². The first-order valence-electron chi connectivity index (χ1n) is 7.07. The molecule has 1 aromatic carbocycles. The quantitative estimate of drug-likeness (QED) is 0.443. The van der Waals surface area contributed by atoms with Crippen molar-refractivity contribution in [3.8, 4) is 0 Å². The molecule has 1 aliphatic rings. The van der Waals surface area contributed by atoms with E-state index in [2.05, 4.69) is 11.9 Å². The highest BCUT2D eigenvalue weighted by molar-refractivity contribution is 14.0. The number of benzene rings is 1. The number of guanidine groups is 1. The molecule has 0 atom stereocenters. The number of rotatable bonds is 2. The monoisotopic (exact) mass is 427 g/mol. The summed E-state index contributed by atoms with van der Waals surface area (Å²) in [6, 6.07) is 5.03. The molecule has 1 aromatic rings. The van der Waals surface area contributed by atoms with Crippen LogP contribution in [0.2, 0.25) is 0 Å². The third-order valence-electron chi connectivity index (χ3n) is 3.81. The predicted molar refractivity (Wildman–Crippen MR) is 92.2 cm³/mol. The van der Waals surface area contributed by atoms with Gasteiger partial charge in [-0.1, -0.05) is 19.1 Å². The van der Waals surface area contributed by atoms with E-state index in [-0.39, 0.29) is 24.0 Å². The fourth-order valence-corrected chi connectivity index (χ4v) is 2.31. The fourth-order valence-electron chi connectivity index (χ4n) is 2.31. The van der Waals surface area contributed by atoms with E-state index in [9.17, 15) is 13.2 Å². The summed E-state index contributed by atoms with van der Waals surface area (Å²) >= 11 is 0.